The molecule has 15 heavy (non-hydrogen) atoms. The highest BCUT2D eigenvalue weighted by Crippen LogP contribution is 2.25. The van der Waals surface area contributed by atoms with Crippen molar-refractivity contribution in [3.63, 3.8) is 0 Å². The van der Waals surface area contributed by atoms with Crippen LogP contribution in [-0.2, 0) is 6.54 Å². The summed E-state index contributed by atoms with van der Waals surface area (Å²) in [5.41, 5.74) is 1.58. The molecule has 0 atom stereocenters. The molecule has 1 N–H and O–H groups in total. The summed E-state index contributed by atoms with van der Waals surface area (Å²) in [5.74, 6) is -0.124. The van der Waals surface area contributed by atoms with E-state index in [-0.39, 0.29) is 5.91 Å². The van der Waals surface area contributed by atoms with Crippen LogP contribution in [0.25, 0.3) is 6.08 Å². The van der Waals surface area contributed by atoms with Gasteiger partial charge >= 0.3 is 0 Å². The summed E-state index contributed by atoms with van der Waals surface area (Å²) in [4.78, 5) is 11.6. The van der Waals surface area contributed by atoms with E-state index in [0.29, 0.717) is 10.7 Å². The number of nitrogens with one attached hydrogen (secondary N) is 1. The molecule has 2 rings (SSSR count). The molecule has 1 aromatic rings. The largest absolute Gasteiger partial charge is 0.354 e. The summed E-state index contributed by atoms with van der Waals surface area (Å²) < 4.78 is 1.98. The molecule has 0 aliphatic carbocycles. The quantitative estimate of drug-likeness (QED) is 0.781. The predicted octanol–water partition coefficient (Wildman–Crippen LogP) is 2.31. The Morgan fingerprint density at radius 3 is 3.13 bits per heavy atom. The number of carbonyl (C=O) groups excluding carboxylic acids is 1. The van der Waals surface area contributed by atoms with Crippen molar-refractivity contribution in [3.05, 3.63) is 28.6 Å². The van der Waals surface area contributed by atoms with E-state index >= 15 is 0 Å². The third-order valence-electron chi connectivity index (χ3n) is 2.57. The minimum atomic E-state index is -0.124. The number of hydrogen-bond acceptors (Lipinski definition) is 1. The number of hydrogen-bond donors (Lipinski definition) is 1. The molecule has 3 nitrogen and oxygen atoms in total. The summed E-state index contributed by atoms with van der Waals surface area (Å²) in [6.07, 6.45) is 6.22. The van der Waals surface area contributed by atoms with Crippen molar-refractivity contribution in [1.82, 2.24) is 9.88 Å². The van der Waals surface area contributed by atoms with Gasteiger partial charge in [-0.2, -0.15) is 0 Å². The van der Waals surface area contributed by atoms with Crippen molar-refractivity contribution >= 4 is 23.6 Å². The molecular formula is C11H13ClN2O. The van der Waals surface area contributed by atoms with Gasteiger partial charge in [0.15, 0.2) is 0 Å². The number of rotatable bonds is 1. The van der Waals surface area contributed by atoms with Crippen LogP contribution in [0.4, 0.5) is 0 Å². The van der Waals surface area contributed by atoms with Crippen molar-refractivity contribution in [2.75, 3.05) is 7.05 Å². The van der Waals surface area contributed by atoms with Crippen LogP contribution in [0.3, 0.4) is 0 Å². The first-order valence-electron chi connectivity index (χ1n) is 5.01. The Balaban J connectivity index is 2.51. The summed E-state index contributed by atoms with van der Waals surface area (Å²) in [7, 11) is 1.62. The van der Waals surface area contributed by atoms with Gasteiger partial charge in [-0.05, 0) is 25.0 Å². The number of halogens is 1. The van der Waals surface area contributed by atoms with Crippen molar-refractivity contribution in [2.24, 2.45) is 0 Å². The Kier molecular flexibility index (Phi) is 2.82. The van der Waals surface area contributed by atoms with Gasteiger partial charge in [-0.25, -0.2) is 0 Å². The highest BCUT2D eigenvalue weighted by atomic mass is 35.5. The van der Waals surface area contributed by atoms with E-state index in [1.165, 1.54) is 0 Å². The maximum absolute atomic E-state index is 11.6. The Hall–Kier alpha value is -1.22. The number of allylic oxidation sites excluding steroid dienone is 1. The minimum absolute atomic E-state index is 0.124. The average molecular weight is 225 g/mol. The van der Waals surface area contributed by atoms with E-state index in [1.807, 2.05) is 16.7 Å². The summed E-state index contributed by atoms with van der Waals surface area (Å²) in [6, 6.07) is 1.84. The van der Waals surface area contributed by atoms with Crippen LogP contribution in [0.15, 0.2) is 12.1 Å². The number of fused-ring (bicyclic) bond motifs is 1. The van der Waals surface area contributed by atoms with Gasteiger partial charge in [0.05, 0.1) is 5.02 Å². The van der Waals surface area contributed by atoms with Crippen molar-refractivity contribution in [2.45, 2.75) is 19.4 Å². The van der Waals surface area contributed by atoms with Gasteiger partial charge in [0, 0.05) is 19.3 Å². The molecule has 0 spiro atoms. The SMILES string of the molecule is CNC(=O)c1c(Cl)cc2n1CCCC=C2. The molecule has 0 fully saturated rings. The van der Waals surface area contributed by atoms with Gasteiger partial charge in [-0.3, -0.25) is 4.79 Å². The van der Waals surface area contributed by atoms with Gasteiger partial charge in [0.25, 0.3) is 5.91 Å². The Morgan fingerprint density at radius 2 is 2.40 bits per heavy atom. The van der Waals surface area contributed by atoms with Gasteiger partial charge in [0.2, 0.25) is 0 Å². The van der Waals surface area contributed by atoms with Crippen molar-refractivity contribution in [1.29, 1.82) is 0 Å². The highest BCUT2D eigenvalue weighted by Gasteiger charge is 2.18. The number of carbonyl (C=O) groups is 1. The fraction of sp³-hybridized carbons (Fsp3) is 0.364. The van der Waals surface area contributed by atoms with E-state index in [2.05, 4.69) is 11.4 Å². The molecule has 0 bridgehead atoms. The Labute approximate surface area is 93.7 Å². The molecule has 0 saturated heterocycles. The van der Waals surface area contributed by atoms with E-state index in [4.69, 9.17) is 11.6 Å². The van der Waals surface area contributed by atoms with Gasteiger partial charge in [0.1, 0.15) is 5.69 Å². The summed E-state index contributed by atoms with van der Waals surface area (Å²) >= 11 is 6.05. The molecule has 0 saturated carbocycles. The monoisotopic (exact) mass is 224 g/mol. The second-order valence-electron chi connectivity index (χ2n) is 3.54. The molecule has 1 amide bonds. The van der Waals surface area contributed by atoms with Crippen LogP contribution >= 0.6 is 11.6 Å². The fourth-order valence-electron chi connectivity index (χ4n) is 1.83. The zero-order chi connectivity index (χ0) is 10.8. The van der Waals surface area contributed by atoms with Gasteiger partial charge in [-0.1, -0.05) is 17.7 Å². The predicted molar refractivity (Wildman–Crippen MR) is 61.1 cm³/mol. The molecule has 1 aliphatic heterocycles. The smallest absolute Gasteiger partial charge is 0.269 e. The first-order chi connectivity index (χ1) is 7.24. The third-order valence-corrected chi connectivity index (χ3v) is 2.85. The molecule has 0 unspecified atom stereocenters. The highest BCUT2D eigenvalue weighted by molar-refractivity contribution is 6.33. The normalized spacial score (nSPS) is 14.5. The molecular weight excluding hydrogens is 212 g/mol. The zero-order valence-electron chi connectivity index (χ0n) is 8.59. The second kappa shape index (κ2) is 4.11. The Morgan fingerprint density at radius 1 is 1.60 bits per heavy atom. The van der Waals surface area contributed by atoms with E-state index in [0.717, 1.165) is 25.1 Å². The minimum Gasteiger partial charge on any atom is -0.354 e. The maximum atomic E-state index is 11.6. The molecule has 1 aromatic heterocycles. The molecule has 2 heterocycles. The van der Waals surface area contributed by atoms with Crippen LogP contribution < -0.4 is 5.32 Å². The maximum Gasteiger partial charge on any atom is 0.269 e. The first kappa shape index (κ1) is 10.3. The summed E-state index contributed by atoms with van der Waals surface area (Å²) in [5, 5.41) is 3.13. The van der Waals surface area contributed by atoms with E-state index < -0.39 is 0 Å². The van der Waals surface area contributed by atoms with E-state index in [1.54, 1.807) is 7.05 Å². The molecule has 0 radical (unpaired) electrons. The number of nitrogens with zero attached hydrogens (tertiary/aromatic N) is 1. The topological polar surface area (TPSA) is 34.0 Å². The lowest BCUT2D eigenvalue weighted by atomic mass is 10.3. The lowest BCUT2D eigenvalue weighted by Crippen LogP contribution is -2.22. The number of amides is 1. The zero-order valence-corrected chi connectivity index (χ0v) is 9.34. The summed E-state index contributed by atoms with van der Waals surface area (Å²) in [6.45, 7) is 0.845. The van der Waals surface area contributed by atoms with Gasteiger partial charge in [-0.15, -0.1) is 0 Å². The van der Waals surface area contributed by atoms with Crippen LogP contribution in [0.5, 0.6) is 0 Å². The lowest BCUT2D eigenvalue weighted by molar-refractivity contribution is 0.0954. The van der Waals surface area contributed by atoms with Crippen LogP contribution in [-0.4, -0.2) is 17.5 Å². The number of aromatic nitrogens is 1. The molecule has 0 aromatic carbocycles. The Bertz CT molecular complexity index is 420. The second-order valence-corrected chi connectivity index (χ2v) is 3.95. The average Bonchev–Trinajstić information content (AvgIpc) is 2.40. The molecule has 4 heteroatoms. The lowest BCUT2D eigenvalue weighted by Gasteiger charge is -2.08. The van der Waals surface area contributed by atoms with Crippen molar-refractivity contribution in [3.8, 4) is 0 Å². The van der Waals surface area contributed by atoms with Gasteiger partial charge < -0.3 is 9.88 Å². The fourth-order valence-corrected chi connectivity index (χ4v) is 2.13. The molecule has 1 aliphatic rings. The van der Waals surface area contributed by atoms with E-state index in [9.17, 15) is 4.79 Å². The van der Waals surface area contributed by atoms with Crippen LogP contribution in [0.2, 0.25) is 5.02 Å². The van der Waals surface area contributed by atoms with Crippen LogP contribution in [0.1, 0.15) is 29.0 Å². The standard InChI is InChI=1S/C11H13ClN2O/c1-13-11(15)10-9(12)7-8-5-3-2-4-6-14(8)10/h3,5,7H,2,4,6H2,1H3,(H,13,15). The molecule has 80 valence electrons. The van der Waals surface area contributed by atoms with Crippen LogP contribution in [0, 0.1) is 0 Å². The third kappa shape index (κ3) is 1.79. The first-order valence-corrected chi connectivity index (χ1v) is 5.39. The van der Waals surface area contributed by atoms with Crippen molar-refractivity contribution < 1.29 is 4.79 Å².